The third kappa shape index (κ3) is 5.06. The molecule has 0 fully saturated rings. The molecule has 1 heterocycles. The number of carbonyl (C=O) groups is 1. The first-order valence-corrected chi connectivity index (χ1v) is 7.46. The molecule has 110 valence electrons. The summed E-state index contributed by atoms with van der Waals surface area (Å²) in [7, 11) is 0. The van der Waals surface area contributed by atoms with Gasteiger partial charge in [0, 0.05) is 11.4 Å². The number of nitrogens with one attached hydrogen (secondary N) is 1. The molecule has 0 atom stereocenters. The Morgan fingerprint density at radius 1 is 1.29 bits per heavy atom. The molecule has 21 heavy (non-hydrogen) atoms. The molecule has 2 rings (SSSR count). The largest absolute Gasteiger partial charge is 0.445 e. The molecule has 0 spiro atoms. The van der Waals surface area contributed by atoms with Crippen molar-refractivity contribution in [3.05, 3.63) is 63.9 Å². The molecule has 2 aromatic rings. The Bertz CT molecular complexity index is 593. The molecule has 0 bridgehead atoms. The maximum absolute atomic E-state index is 11.5. The van der Waals surface area contributed by atoms with Gasteiger partial charge in [-0.3, -0.25) is 0 Å². The molecule has 5 heteroatoms. The van der Waals surface area contributed by atoms with E-state index in [4.69, 9.17) is 9.84 Å². The average Bonchev–Trinajstić information content (AvgIpc) is 2.98. The van der Waals surface area contributed by atoms with E-state index in [1.807, 2.05) is 53.9 Å². The van der Waals surface area contributed by atoms with Crippen molar-refractivity contribution in [3.63, 3.8) is 0 Å². The molecule has 1 aromatic heterocycles. The molecule has 0 aliphatic carbocycles. The number of ether oxygens (including phenoxy) is 1. The number of rotatable bonds is 6. The Morgan fingerprint density at radius 2 is 2.10 bits per heavy atom. The first-order chi connectivity index (χ1) is 10.3. The lowest BCUT2D eigenvalue weighted by Crippen LogP contribution is -2.24. The van der Waals surface area contributed by atoms with Gasteiger partial charge in [0.15, 0.2) is 0 Å². The molecule has 1 aromatic carbocycles. The van der Waals surface area contributed by atoms with Gasteiger partial charge in [-0.15, -0.1) is 11.3 Å². The van der Waals surface area contributed by atoms with E-state index in [1.165, 1.54) is 11.3 Å². The van der Waals surface area contributed by atoms with Crippen LogP contribution in [0.25, 0.3) is 6.08 Å². The standard InChI is InChI=1S/C16H17NO3S/c18-11-15-14(8-10-21-15)7-4-9-17-16(19)20-12-13-5-2-1-3-6-13/h1-8,10,18H,9,11-12H2,(H,17,19). The van der Waals surface area contributed by atoms with Crippen molar-refractivity contribution in [2.75, 3.05) is 6.54 Å². The van der Waals surface area contributed by atoms with Gasteiger partial charge >= 0.3 is 6.09 Å². The predicted octanol–water partition coefficient (Wildman–Crippen LogP) is 3.18. The van der Waals surface area contributed by atoms with Crippen LogP contribution in [0, 0.1) is 0 Å². The molecule has 1 amide bonds. The average molecular weight is 303 g/mol. The Hall–Kier alpha value is -2.11. The number of carbonyl (C=O) groups excluding carboxylic acids is 1. The topological polar surface area (TPSA) is 58.6 Å². The number of aliphatic hydroxyl groups excluding tert-OH is 1. The van der Waals surface area contributed by atoms with E-state index in [0.717, 1.165) is 16.0 Å². The number of hydrogen-bond donors (Lipinski definition) is 2. The Balaban J connectivity index is 1.70. The van der Waals surface area contributed by atoms with E-state index < -0.39 is 6.09 Å². The fourth-order valence-electron chi connectivity index (χ4n) is 1.73. The summed E-state index contributed by atoms with van der Waals surface area (Å²) < 4.78 is 5.09. The van der Waals surface area contributed by atoms with Gasteiger partial charge in [-0.05, 0) is 22.6 Å². The number of benzene rings is 1. The van der Waals surface area contributed by atoms with Gasteiger partial charge in [-0.1, -0.05) is 42.5 Å². The van der Waals surface area contributed by atoms with Gasteiger partial charge in [0.1, 0.15) is 6.61 Å². The fourth-order valence-corrected chi connectivity index (χ4v) is 2.46. The van der Waals surface area contributed by atoms with Crippen LogP contribution >= 0.6 is 11.3 Å². The number of thiophene rings is 1. The minimum Gasteiger partial charge on any atom is -0.445 e. The summed E-state index contributed by atoms with van der Waals surface area (Å²) in [5, 5.41) is 13.7. The van der Waals surface area contributed by atoms with Crippen LogP contribution in [0.2, 0.25) is 0 Å². The lowest BCUT2D eigenvalue weighted by atomic mass is 10.2. The van der Waals surface area contributed by atoms with Crippen LogP contribution in [0.3, 0.4) is 0 Å². The third-order valence-electron chi connectivity index (χ3n) is 2.80. The lowest BCUT2D eigenvalue weighted by Gasteiger charge is -2.05. The summed E-state index contributed by atoms with van der Waals surface area (Å²) in [6.07, 6.45) is 3.25. The van der Waals surface area contributed by atoms with Crippen LogP contribution in [0.5, 0.6) is 0 Å². The van der Waals surface area contributed by atoms with E-state index in [-0.39, 0.29) is 13.2 Å². The van der Waals surface area contributed by atoms with E-state index in [9.17, 15) is 4.79 Å². The lowest BCUT2D eigenvalue weighted by molar-refractivity contribution is 0.141. The highest BCUT2D eigenvalue weighted by atomic mass is 32.1. The van der Waals surface area contributed by atoms with Crippen LogP contribution in [0.15, 0.2) is 47.9 Å². The summed E-state index contributed by atoms with van der Waals surface area (Å²) in [6.45, 7) is 0.674. The molecular formula is C16H17NO3S. The second kappa shape index (κ2) is 8.24. The Labute approximate surface area is 127 Å². The number of amides is 1. The second-order valence-electron chi connectivity index (χ2n) is 4.30. The Kier molecular flexibility index (Phi) is 5.99. The minimum atomic E-state index is -0.448. The first-order valence-electron chi connectivity index (χ1n) is 6.58. The smallest absolute Gasteiger partial charge is 0.407 e. The first kappa shape index (κ1) is 15.3. The van der Waals surface area contributed by atoms with Crippen LogP contribution < -0.4 is 5.32 Å². The third-order valence-corrected chi connectivity index (χ3v) is 3.72. The zero-order valence-corrected chi connectivity index (χ0v) is 12.3. The van der Waals surface area contributed by atoms with Crippen LogP contribution in [0.1, 0.15) is 16.0 Å². The highest BCUT2D eigenvalue weighted by Crippen LogP contribution is 2.17. The molecule has 0 aliphatic rings. The molecule has 4 nitrogen and oxygen atoms in total. The van der Waals surface area contributed by atoms with Gasteiger partial charge in [0.25, 0.3) is 0 Å². The Morgan fingerprint density at radius 3 is 2.86 bits per heavy atom. The molecule has 0 saturated carbocycles. The van der Waals surface area contributed by atoms with E-state index in [1.54, 1.807) is 0 Å². The van der Waals surface area contributed by atoms with E-state index in [0.29, 0.717) is 6.54 Å². The van der Waals surface area contributed by atoms with Crippen LogP contribution in [0.4, 0.5) is 4.79 Å². The zero-order valence-electron chi connectivity index (χ0n) is 11.5. The van der Waals surface area contributed by atoms with Crippen molar-refractivity contribution < 1.29 is 14.6 Å². The highest BCUT2D eigenvalue weighted by Gasteiger charge is 2.01. The predicted molar refractivity (Wildman–Crippen MR) is 83.9 cm³/mol. The molecule has 0 aliphatic heterocycles. The molecule has 2 N–H and O–H groups in total. The van der Waals surface area contributed by atoms with Crippen molar-refractivity contribution in [1.82, 2.24) is 5.32 Å². The fraction of sp³-hybridized carbons (Fsp3) is 0.188. The molecule has 0 saturated heterocycles. The number of aliphatic hydroxyl groups is 1. The van der Waals surface area contributed by atoms with Crippen molar-refractivity contribution in [2.45, 2.75) is 13.2 Å². The van der Waals surface area contributed by atoms with Crippen LogP contribution in [-0.4, -0.2) is 17.7 Å². The van der Waals surface area contributed by atoms with Crippen molar-refractivity contribution in [1.29, 1.82) is 0 Å². The number of alkyl carbamates (subject to hydrolysis) is 1. The van der Waals surface area contributed by atoms with Crippen molar-refractivity contribution in [2.24, 2.45) is 0 Å². The van der Waals surface area contributed by atoms with E-state index in [2.05, 4.69) is 5.32 Å². The summed E-state index contributed by atoms with van der Waals surface area (Å²) in [4.78, 5) is 12.4. The summed E-state index contributed by atoms with van der Waals surface area (Å²) in [5.74, 6) is 0. The van der Waals surface area contributed by atoms with Gasteiger partial charge in [-0.2, -0.15) is 0 Å². The minimum absolute atomic E-state index is 0.0316. The van der Waals surface area contributed by atoms with Gasteiger partial charge < -0.3 is 15.2 Å². The molecule has 0 unspecified atom stereocenters. The number of hydrogen-bond acceptors (Lipinski definition) is 4. The maximum atomic E-state index is 11.5. The maximum Gasteiger partial charge on any atom is 0.407 e. The van der Waals surface area contributed by atoms with Crippen LogP contribution in [-0.2, 0) is 18.0 Å². The molecule has 0 radical (unpaired) electrons. The summed E-state index contributed by atoms with van der Waals surface area (Å²) in [5.41, 5.74) is 1.93. The molecular weight excluding hydrogens is 286 g/mol. The zero-order chi connectivity index (χ0) is 14.9. The SMILES string of the molecule is O=C(NCC=Cc1ccsc1CO)OCc1ccccc1. The highest BCUT2D eigenvalue weighted by molar-refractivity contribution is 7.10. The second-order valence-corrected chi connectivity index (χ2v) is 5.30. The monoisotopic (exact) mass is 303 g/mol. The quantitative estimate of drug-likeness (QED) is 0.861. The normalized spacial score (nSPS) is 10.7. The summed E-state index contributed by atoms with van der Waals surface area (Å²) in [6, 6.07) is 11.5. The summed E-state index contributed by atoms with van der Waals surface area (Å²) >= 11 is 1.51. The van der Waals surface area contributed by atoms with Gasteiger partial charge in [0.2, 0.25) is 0 Å². The van der Waals surface area contributed by atoms with Gasteiger partial charge in [0.05, 0.1) is 6.61 Å². The van der Waals surface area contributed by atoms with Crippen molar-refractivity contribution >= 4 is 23.5 Å². The van der Waals surface area contributed by atoms with E-state index >= 15 is 0 Å². The van der Waals surface area contributed by atoms with Gasteiger partial charge in [-0.25, -0.2) is 4.79 Å². The van der Waals surface area contributed by atoms with Crippen molar-refractivity contribution in [3.8, 4) is 0 Å².